The van der Waals surface area contributed by atoms with Crippen LogP contribution in [0.4, 0.5) is 0 Å². The minimum Gasteiger partial charge on any atom is -0.459 e. The van der Waals surface area contributed by atoms with Gasteiger partial charge in [0.05, 0.1) is 6.26 Å². The summed E-state index contributed by atoms with van der Waals surface area (Å²) in [6.45, 7) is 1.35. The number of benzene rings is 2. The van der Waals surface area contributed by atoms with Gasteiger partial charge in [-0.25, -0.2) is 0 Å². The Bertz CT molecular complexity index is 1110. The molecule has 0 saturated carbocycles. The Balaban J connectivity index is 1.27. The zero-order valence-electron chi connectivity index (χ0n) is 15.2. The minimum absolute atomic E-state index is 0.0750. The van der Waals surface area contributed by atoms with E-state index in [-0.39, 0.29) is 11.8 Å². The molecule has 0 aliphatic carbocycles. The van der Waals surface area contributed by atoms with Gasteiger partial charge in [0.15, 0.2) is 5.76 Å². The first-order valence-corrected chi connectivity index (χ1v) is 9.43. The number of hydrogen-bond acceptors (Lipinski definition) is 5. The number of aromatic nitrogens is 2. The number of likely N-dealkylation sites (tertiary alicyclic amines) is 1. The quantitative estimate of drug-likeness (QED) is 0.529. The maximum atomic E-state index is 12.9. The van der Waals surface area contributed by atoms with E-state index in [1.165, 1.54) is 0 Å². The Morgan fingerprint density at radius 2 is 1.79 bits per heavy atom. The lowest BCUT2D eigenvalue weighted by Crippen LogP contribution is -2.38. The molecule has 0 spiro atoms. The fraction of sp³-hybridized carbons (Fsp3) is 0.227. The maximum Gasteiger partial charge on any atom is 0.283 e. The van der Waals surface area contributed by atoms with E-state index in [0.717, 1.165) is 29.2 Å². The highest BCUT2D eigenvalue weighted by atomic mass is 16.4. The molecular weight excluding hydrogens is 354 g/mol. The molecule has 1 aliphatic heterocycles. The first-order valence-electron chi connectivity index (χ1n) is 9.43. The summed E-state index contributed by atoms with van der Waals surface area (Å²) in [5.41, 5.74) is 0.732. The summed E-state index contributed by atoms with van der Waals surface area (Å²) in [5.74, 6) is 1.82. The monoisotopic (exact) mass is 373 g/mol. The molecule has 6 heteroatoms. The van der Waals surface area contributed by atoms with Crippen molar-refractivity contribution in [1.29, 1.82) is 0 Å². The molecule has 6 nitrogen and oxygen atoms in total. The predicted molar refractivity (Wildman–Crippen MR) is 104 cm³/mol. The van der Waals surface area contributed by atoms with Crippen molar-refractivity contribution in [3.63, 3.8) is 0 Å². The molecule has 1 fully saturated rings. The van der Waals surface area contributed by atoms with Gasteiger partial charge in [-0.3, -0.25) is 4.79 Å². The van der Waals surface area contributed by atoms with Crippen LogP contribution < -0.4 is 0 Å². The molecule has 4 aromatic rings. The third-order valence-electron chi connectivity index (χ3n) is 5.30. The Kier molecular flexibility index (Phi) is 4.16. The molecule has 3 heterocycles. The molecule has 28 heavy (non-hydrogen) atoms. The second-order valence-electron chi connectivity index (χ2n) is 7.05. The van der Waals surface area contributed by atoms with Gasteiger partial charge in [-0.05, 0) is 47.9 Å². The van der Waals surface area contributed by atoms with Gasteiger partial charge < -0.3 is 13.7 Å². The first-order chi connectivity index (χ1) is 13.8. The van der Waals surface area contributed by atoms with Gasteiger partial charge >= 0.3 is 0 Å². The topological polar surface area (TPSA) is 72.4 Å². The molecule has 2 aromatic carbocycles. The molecule has 0 atom stereocenters. The van der Waals surface area contributed by atoms with E-state index >= 15 is 0 Å². The van der Waals surface area contributed by atoms with Crippen molar-refractivity contribution in [2.24, 2.45) is 0 Å². The summed E-state index contributed by atoms with van der Waals surface area (Å²) >= 11 is 0. The zero-order chi connectivity index (χ0) is 18.9. The lowest BCUT2D eigenvalue weighted by atomic mass is 9.96. The number of piperidine rings is 1. The molecule has 0 unspecified atom stereocenters. The molecule has 0 radical (unpaired) electrons. The molecule has 1 aliphatic rings. The van der Waals surface area contributed by atoms with Gasteiger partial charge in [-0.2, -0.15) is 0 Å². The highest BCUT2D eigenvalue weighted by Gasteiger charge is 2.28. The van der Waals surface area contributed by atoms with Crippen LogP contribution >= 0.6 is 0 Å². The van der Waals surface area contributed by atoms with E-state index in [1.54, 1.807) is 18.4 Å². The smallest absolute Gasteiger partial charge is 0.283 e. The van der Waals surface area contributed by atoms with Crippen LogP contribution in [0.1, 0.15) is 35.0 Å². The number of carbonyl (C=O) groups is 1. The molecule has 140 valence electrons. The van der Waals surface area contributed by atoms with E-state index in [4.69, 9.17) is 8.83 Å². The second-order valence-corrected chi connectivity index (χ2v) is 7.05. The molecular formula is C22H19N3O3. The molecule has 0 bridgehead atoms. The van der Waals surface area contributed by atoms with Gasteiger partial charge in [0.25, 0.3) is 11.8 Å². The predicted octanol–water partition coefficient (Wildman–Crippen LogP) is 4.50. The largest absolute Gasteiger partial charge is 0.459 e. The Morgan fingerprint density at radius 3 is 2.57 bits per heavy atom. The summed E-state index contributed by atoms with van der Waals surface area (Å²) in [6.07, 6.45) is 3.19. The van der Waals surface area contributed by atoms with Crippen molar-refractivity contribution < 1.29 is 13.6 Å². The fourth-order valence-corrected chi connectivity index (χ4v) is 3.73. The minimum atomic E-state index is 0.0750. The summed E-state index contributed by atoms with van der Waals surface area (Å²) in [7, 11) is 0. The van der Waals surface area contributed by atoms with Crippen LogP contribution in [0.3, 0.4) is 0 Å². The Morgan fingerprint density at radius 1 is 0.964 bits per heavy atom. The average Bonchev–Trinajstić information content (AvgIpc) is 3.45. The van der Waals surface area contributed by atoms with E-state index in [9.17, 15) is 4.79 Å². The highest BCUT2D eigenvalue weighted by molar-refractivity contribution is 5.98. The average molecular weight is 373 g/mol. The van der Waals surface area contributed by atoms with Gasteiger partial charge in [0.1, 0.15) is 0 Å². The number of fused-ring (bicyclic) bond motifs is 1. The number of nitrogens with zero attached hydrogens (tertiary/aromatic N) is 3. The molecule has 1 saturated heterocycles. The van der Waals surface area contributed by atoms with Crippen LogP contribution in [0.25, 0.3) is 22.4 Å². The summed E-state index contributed by atoms with van der Waals surface area (Å²) in [5, 5.41) is 10.5. The Hall–Kier alpha value is -3.41. The van der Waals surface area contributed by atoms with Crippen LogP contribution in [-0.2, 0) is 0 Å². The number of furan rings is 1. The van der Waals surface area contributed by atoms with Crippen LogP contribution in [0.2, 0.25) is 0 Å². The van der Waals surface area contributed by atoms with E-state index in [0.29, 0.717) is 30.6 Å². The number of carbonyl (C=O) groups excluding carboxylic acids is 1. The van der Waals surface area contributed by atoms with Crippen molar-refractivity contribution in [1.82, 2.24) is 15.1 Å². The van der Waals surface area contributed by atoms with Crippen LogP contribution in [0, 0.1) is 0 Å². The zero-order valence-corrected chi connectivity index (χ0v) is 15.2. The van der Waals surface area contributed by atoms with Crippen molar-refractivity contribution >= 4 is 16.7 Å². The van der Waals surface area contributed by atoms with Crippen LogP contribution in [0.15, 0.2) is 69.7 Å². The SMILES string of the molecule is O=C(c1ccc2ccccc2c1)N1CCC(c2nnc(-c3ccco3)o2)CC1. The lowest BCUT2D eigenvalue weighted by Gasteiger charge is -2.30. The first kappa shape index (κ1) is 16.7. The van der Waals surface area contributed by atoms with E-state index in [1.807, 2.05) is 41.3 Å². The molecule has 2 aromatic heterocycles. The van der Waals surface area contributed by atoms with Crippen molar-refractivity contribution in [2.75, 3.05) is 13.1 Å². The van der Waals surface area contributed by atoms with Gasteiger partial charge in [0, 0.05) is 24.6 Å². The van der Waals surface area contributed by atoms with Crippen molar-refractivity contribution in [3.8, 4) is 11.7 Å². The van der Waals surface area contributed by atoms with Crippen molar-refractivity contribution in [2.45, 2.75) is 18.8 Å². The number of amides is 1. The molecule has 5 rings (SSSR count). The molecule has 1 amide bonds. The van der Waals surface area contributed by atoms with Gasteiger partial charge in [-0.15, -0.1) is 10.2 Å². The highest BCUT2D eigenvalue weighted by Crippen LogP contribution is 2.30. The number of hydrogen-bond donors (Lipinski definition) is 0. The summed E-state index contributed by atoms with van der Waals surface area (Å²) in [4.78, 5) is 14.8. The van der Waals surface area contributed by atoms with E-state index < -0.39 is 0 Å². The summed E-state index contributed by atoms with van der Waals surface area (Å²) < 4.78 is 11.1. The van der Waals surface area contributed by atoms with Crippen LogP contribution in [0.5, 0.6) is 0 Å². The van der Waals surface area contributed by atoms with E-state index in [2.05, 4.69) is 16.3 Å². The third-order valence-corrected chi connectivity index (χ3v) is 5.30. The number of rotatable bonds is 3. The van der Waals surface area contributed by atoms with Gasteiger partial charge in [0.2, 0.25) is 5.89 Å². The summed E-state index contributed by atoms with van der Waals surface area (Å²) in [6, 6.07) is 17.5. The maximum absolute atomic E-state index is 12.9. The lowest BCUT2D eigenvalue weighted by molar-refractivity contribution is 0.0706. The molecule has 0 N–H and O–H groups in total. The van der Waals surface area contributed by atoms with Crippen molar-refractivity contribution in [3.05, 3.63) is 72.3 Å². The third kappa shape index (κ3) is 3.07. The van der Waals surface area contributed by atoms with Crippen LogP contribution in [-0.4, -0.2) is 34.1 Å². The second kappa shape index (κ2) is 6.96. The Labute approximate surface area is 161 Å². The van der Waals surface area contributed by atoms with Gasteiger partial charge in [-0.1, -0.05) is 30.3 Å². The fourth-order valence-electron chi connectivity index (χ4n) is 3.73. The standard InChI is InChI=1S/C22H19N3O3/c26-22(18-8-7-15-4-1-2-5-17(15)14-18)25-11-9-16(10-12-25)20-23-24-21(28-20)19-6-3-13-27-19/h1-8,13-14,16H,9-12H2. The normalized spacial score (nSPS) is 15.2.